The average Bonchev–Trinajstić information content (AvgIpc) is 3.19. The third-order valence-corrected chi connectivity index (χ3v) is 7.51. The van der Waals surface area contributed by atoms with Gasteiger partial charge in [-0.15, -0.1) is 11.3 Å². The highest BCUT2D eigenvalue weighted by atomic mass is 79.9. The summed E-state index contributed by atoms with van der Waals surface area (Å²) in [6.45, 7) is 1.36. The number of amides is 3. The average molecular weight is 490 g/mol. The van der Waals surface area contributed by atoms with Crippen molar-refractivity contribution in [1.82, 2.24) is 15.5 Å². The summed E-state index contributed by atoms with van der Waals surface area (Å²) in [4.78, 5) is 40.6. The third kappa shape index (κ3) is 4.92. The number of likely N-dealkylation sites (tertiary alicyclic amines) is 1. The van der Waals surface area contributed by atoms with Crippen molar-refractivity contribution in [2.75, 3.05) is 13.1 Å². The van der Waals surface area contributed by atoms with Gasteiger partial charge in [-0.25, -0.2) is 0 Å². The van der Waals surface area contributed by atoms with E-state index in [4.69, 9.17) is 0 Å². The Morgan fingerprint density at radius 1 is 1.17 bits per heavy atom. The van der Waals surface area contributed by atoms with Crippen molar-refractivity contribution < 1.29 is 14.4 Å². The lowest BCUT2D eigenvalue weighted by atomic mass is 10.0. The van der Waals surface area contributed by atoms with Gasteiger partial charge in [-0.2, -0.15) is 0 Å². The zero-order valence-electron chi connectivity index (χ0n) is 16.5. The Kier molecular flexibility index (Phi) is 6.24. The van der Waals surface area contributed by atoms with Crippen molar-refractivity contribution in [2.45, 2.75) is 38.3 Å². The van der Waals surface area contributed by atoms with E-state index >= 15 is 0 Å². The summed E-state index contributed by atoms with van der Waals surface area (Å²) in [5.74, 6) is -0.365. The first-order chi connectivity index (χ1) is 14.5. The zero-order chi connectivity index (χ0) is 21.1. The van der Waals surface area contributed by atoms with E-state index in [1.54, 1.807) is 40.5 Å². The van der Waals surface area contributed by atoms with Crippen molar-refractivity contribution in [3.8, 4) is 0 Å². The molecule has 1 aliphatic heterocycles. The van der Waals surface area contributed by atoms with E-state index < -0.39 is 6.04 Å². The Labute approximate surface area is 188 Å². The van der Waals surface area contributed by atoms with Gasteiger partial charge in [-0.05, 0) is 58.8 Å². The van der Waals surface area contributed by atoms with Gasteiger partial charge in [-0.1, -0.05) is 18.2 Å². The van der Waals surface area contributed by atoms with E-state index in [0.717, 1.165) is 28.6 Å². The number of thiophene rings is 1. The molecule has 8 heteroatoms. The second kappa shape index (κ2) is 8.89. The number of rotatable bonds is 7. The van der Waals surface area contributed by atoms with Crippen LogP contribution in [0, 0.1) is 5.41 Å². The molecule has 2 N–H and O–H groups in total. The molecule has 2 fully saturated rings. The van der Waals surface area contributed by atoms with Crippen LogP contribution < -0.4 is 10.6 Å². The Bertz CT molecular complexity index is 942. The number of benzene rings is 1. The number of hydrogen-bond donors (Lipinski definition) is 2. The highest BCUT2D eigenvalue weighted by Gasteiger charge is 2.54. The van der Waals surface area contributed by atoms with Crippen LogP contribution in [-0.4, -0.2) is 41.8 Å². The molecule has 1 spiro atoms. The highest BCUT2D eigenvalue weighted by Crippen LogP contribution is 2.54. The molecule has 0 unspecified atom stereocenters. The first-order valence-electron chi connectivity index (χ1n) is 10.1. The minimum absolute atomic E-state index is 0.0776. The van der Waals surface area contributed by atoms with Gasteiger partial charge in [0, 0.05) is 39.8 Å². The molecule has 2 heterocycles. The van der Waals surface area contributed by atoms with E-state index in [9.17, 15) is 14.4 Å². The van der Waals surface area contributed by atoms with Gasteiger partial charge in [0.15, 0.2) is 0 Å². The molecule has 1 saturated heterocycles. The Hall–Kier alpha value is -2.19. The van der Waals surface area contributed by atoms with E-state index in [0.29, 0.717) is 18.7 Å². The lowest BCUT2D eigenvalue weighted by Gasteiger charge is -2.24. The summed E-state index contributed by atoms with van der Waals surface area (Å²) >= 11 is 5.00. The summed E-state index contributed by atoms with van der Waals surface area (Å²) in [6.07, 6.45) is 3.07. The van der Waals surface area contributed by atoms with Gasteiger partial charge in [0.2, 0.25) is 11.8 Å². The van der Waals surface area contributed by atoms with Gasteiger partial charge in [-0.3, -0.25) is 14.4 Å². The van der Waals surface area contributed by atoms with Crippen molar-refractivity contribution in [2.24, 2.45) is 5.41 Å². The molecular formula is C22H24BrN3O3S. The van der Waals surface area contributed by atoms with Crippen molar-refractivity contribution in [3.05, 3.63) is 56.7 Å². The molecule has 1 aliphatic carbocycles. The molecule has 1 saturated carbocycles. The molecule has 1 aromatic heterocycles. The van der Waals surface area contributed by atoms with Crippen molar-refractivity contribution >= 4 is 45.0 Å². The molecule has 0 bridgehead atoms. The van der Waals surface area contributed by atoms with Crippen LogP contribution in [-0.2, 0) is 16.1 Å². The van der Waals surface area contributed by atoms with E-state index in [2.05, 4.69) is 26.6 Å². The highest BCUT2D eigenvalue weighted by molar-refractivity contribution is 9.10. The zero-order valence-corrected chi connectivity index (χ0v) is 18.9. The van der Waals surface area contributed by atoms with Crippen molar-refractivity contribution in [3.63, 3.8) is 0 Å². The van der Waals surface area contributed by atoms with Gasteiger partial charge in [0.1, 0.15) is 6.04 Å². The van der Waals surface area contributed by atoms with Gasteiger partial charge >= 0.3 is 0 Å². The first kappa shape index (κ1) is 21.1. The fraction of sp³-hybridized carbons (Fsp3) is 0.409. The Morgan fingerprint density at radius 2 is 1.93 bits per heavy atom. The fourth-order valence-corrected chi connectivity index (χ4v) is 5.34. The first-order valence-corrected chi connectivity index (χ1v) is 11.8. The van der Waals surface area contributed by atoms with Crippen LogP contribution >= 0.6 is 27.3 Å². The van der Waals surface area contributed by atoms with Crippen LogP contribution in [0.1, 0.15) is 40.9 Å². The Balaban J connectivity index is 1.31. The summed E-state index contributed by atoms with van der Waals surface area (Å²) in [7, 11) is 0. The summed E-state index contributed by atoms with van der Waals surface area (Å²) < 4.78 is 1.00. The topological polar surface area (TPSA) is 78.5 Å². The predicted molar refractivity (Wildman–Crippen MR) is 119 cm³/mol. The van der Waals surface area contributed by atoms with Crippen LogP contribution in [0.5, 0.6) is 0 Å². The molecular weight excluding hydrogens is 466 g/mol. The monoisotopic (exact) mass is 489 g/mol. The van der Waals surface area contributed by atoms with Crippen molar-refractivity contribution in [1.29, 1.82) is 0 Å². The van der Waals surface area contributed by atoms with E-state index in [-0.39, 0.29) is 36.1 Å². The normalized spacial score (nSPS) is 19.0. The predicted octanol–water partition coefficient (Wildman–Crippen LogP) is 3.33. The number of carbonyl (C=O) groups is 3. The smallest absolute Gasteiger partial charge is 0.251 e. The van der Waals surface area contributed by atoms with E-state index in [1.807, 2.05) is 17.5 Å². The molecule has 6 nitrogen and oxygen atoms in total. The summed E-state index contributed by atoms with van der Waals surface area (Å²) in [6, 6.07) is 10.5. The maximum Gasteiger partial charge on any atom is 0.251 e. The van der Waals surface area contributed by atoms with Gasteiger partial charge in [0.05, 0.1) is 6.54 Å². The number of nitrogens with one attached hydrogen (secondary N) is 2. The van der Waals surface area contributed by atoms with Crippen LogP contribution in [0.25, 0.3) is 0 Å². The summed E-state index contributed by atoms with van der Waals surface area (Å²) in [5.41, 5.74) is 0.692. The van der Waals surface area contributed by atoms with Crippen LogP contribution in [0.15, 0.2) is 46.3 Å². The second-order valence-corrected chi connectivity index (χ2v) is 9.97. The molecule has 0 radical (unpaired) electrons. The lowest BCUT2D eigenvalue weighted by molar-refractivity contribution is -0.138. The molecule has 4 rings (SSSR count). The standard InChI is InChI=1S/C22H24BrN3O3S/c23-16-10-17(30-13-16)12-25-21(29)18-11-22(7-8-22)14-26(18)19(27)6-9-24-20(28)15-4-2-1-3-5-15/h1-5,10,13,18H,6-9,11-12,14H2,(H,24,28)(H,25,29)/t18-/m1/s1. The lowest BCUT2D eigenvalue weighted by Crippen LogP contribution is -2.46. The van der Waals surface area contributed by atoms with Gasteiger partial charge in [0.25, 0.3) is 5.91 Å². The fourth-order valence-electron chi connectivity index (χ4n) is 3.95. The quantitative estimate of drug-likeness (QED) is 0.625. The largest absolute Gasteiger partial charge is 0.352 e. The van der Waals surface area contributed by atoms with Crippen LogP contribution in [0.3, 0.4) is 0 Å². The second-order valence-electron chi connectivity index (χ2n) is 8.06. The van der Waals surface area contributed by atoms with Gasteiger partial charge < -0.3 is 15.5 Å². The molecule has 30 heavy (non-hydrogen) atoms. The Morgan fingerprint density at radius 3 is 2.60 bits per heavy atom. The molecule has 158 valence electrons. The SMILES string of the molecule is O=C(NCCC(=O)N1CC2(CC2)C[C@@H]1C(=O)NCc1cc(Br)cs1)c1ccccc1. The van der Waals surface area contributed by atoms with E-state index in [1.165, 1.54) is 0 Å². The minimum Gasteiger partial charge on any atom is -0.352 e. The molecule has 2 aromatic rings. The minimum atomic E-state index is -0.423. The van der Waals surface area contributed by atoms with Crippen LogP contribution in [0.2, 0.25) is 0 Å². The number of hydrogen-bond acceptors (Lipinski definition) is 4. The molecule has 3 amide bonds. The number of carbonyl (C=O) groups excluding carboxylic acids is 3. The molecule has 1 atom stereocenters. The summed E-state index contributed by atoms with van der Waals surface area (Å²) in [5, 5.41) is 7.76. The molecule has 2 aliphatic rings. The number of nitrogens with zero attached hydrogens (tertiary/aromatic N) is 1. The maximum absolute atomic E-state index is 12.9. The molecule has 1 aromatic carbocycles. The number of halogens is 1. The third-order valence-electron chi connectivity index (χ3n) is 5.81. The maximum atomic E-state index is 12.9. The van der Waals surface area contributed by atoms with Crippen LogP contribution in [0.4, 0.5) is 0 Å².